The first kappa shape index (κ1) is 17.0. The highest BCUT2D eigenvalue weighted by Gasteiger charge is 2.26. The molecule has 1 amide bonds. The van der Waals surface area contributed by atoms with Crippen molar-refractivity contribution in [3.63, 3.8) is 0 Å². The second-order valence-corrected chi connectivity index (χ2v) is 6.74. The monoisotopic (exact) mass is 364 g/mol. The molecule has 1 aliphatic rings. The van der Waals surface area contributed by atoms with Crippen LogP contribution < -0.4 is 10.2 Å². The quantitative estimate of drug-likeness (QED) is 0.895. The molecular formula is C17H18Cl2N4O. The van der Waals surface area contributed by atoms with Gasteiger partial charge in [-0.3, -0.25) is 4.79 Å². The van der Waals surface area contributed by atoms with Gasteiger partial charge in [0, 0.05) is 19.0 Å². The number of nitrogens with zero attached hydrogens (tertiary/aromatic N) is 3. The van der Waals surface area contributed by atoms with Crippen molar-refractivity contribution < 1.29 is 4.79 Å². The molecule has 0 saturated carbocycles. The number of halogens is 2. The molecule has 1 saturated heterocycles. The minimum Gasteiger partial charge on any atom is -0.355 e. The van der Waals surface area contributed by atoms with Gasteiger partial charge in [-0.25, -0.2) is 0 Å². The predicted molar refractivity (Wildman–Crippen MR) is 96.8 cm³/mol. The molecule has 1 aromatic heterocycles. The smallest absolute Gasteiger partial charge is 0.227 e. The molecular weight excluding hydrogens is 347 g/mol. The van der Waals surface area contributed by atoms with Gasteiger partial charge in [0.1, 0.15) is 0 Å². The first-order valence-corrected chi connectivity index (χ1v) is 8.60. The van der Waals surface area contributed by atoms with Crippen molar-refractivity contribution in [2.45, 2.75) is 19.8 Å². The van der Waals surface area contributed by atoms with E-state index in [1.807, 2.05) is 31.2 Å². The lowest BCUT2D eigenvalue weighted by Crippen LogP contribution is -2.38. The number of carbonyl (C=O) groups is 1. The molecule has 5 nitrogen and oxygen atoms in total. The van der Waals surface area contributed by atoms with Crippen LogP contribution >= 0.6 is 23.2 Å². The molecule has 0 spiro atoms. The Kier molecular flexibility index (Phi) is 5.21. The summed E-state index contributed by atoms with van der Waals surface area (Å²) in [6.07, 6.45) is 1.53. The SMILES string of the molecule is Cc1ccc(NC(=O)C2CCN(c3ccc(Cl)nn3)CC2)c(Cl)c1. The first-order valence-electron chi connectivity index (χ1n) is 7.84. The number of aryl methyl sites for hydroxylation is 1. The highest BCUT2D eigenvalue weighted by atomic mass is 35.5. The average Bonchev–Trinajstić information content (AvgIpc) is 2.58. The van der Waals surface area contributed by atoms with Crippen LogP contribution in [-0.2, 0) is 4.79 Å². The van der Waals surface area contributed by atoms with E-state index in [9.17, 15) is 4.79 Å². The summed E-state index contributed by atoms with van der Waals surface area (Å²) in [5, 5.41) is 11.8. The summed E-state index contributed by atoms with van der Waals surface area (Å²) in [5.41, 5.74) is 1.73. The van der Waals surface area contributed by atoms with Crippen molar-refractivity contribution in [3.8, 4) is 0 Å². The van der Waals surface area contributed by atoms with E-state index in [0.29, 0.717) is 15.9 Å². The molecule has 1 fully saturated rings. The summed E-state index contributed by atoms with van der Waals surface area (Å²) in [4.78, 5) is 14.6. The summed E-state index contributed by atoms with van der Waals surface area (Å²) in [6.45, 7) is 3.49. The molecule has 24 heavy (non-hydrogen) atoms. The van der Waals surface area contributed by atoms with Gasteiger partial charge >= 0.3 is 0 Å². The Labute approximate surface area is 151 Å². The summed E-state index contributed by atoms with van der Waals surface area (Å²) in [7, 11) is 0. The fourth-order valence-electron chi connectivity index (χ4n) is 2.80. The third-order valence-corrected chi connectivity index (χ3v) is 4.70. The molecule has 2 aromatic rings. The van der Waals surface area contributed by atoms with E-state index in [-0.39, 0.29) is 11.8 Å². The van der Waals surface area contributed by atoms with E-state index in [2.05, 4.69) is 20.4 Å². The average molecular weight is 365 g/mol. The number of nitrogens with one attached hydrogen (secondary N) is 1. The van der Waals surface area contributed by atoms with Crippen LogP contribution in [0, 0.1) is 12.8 Å². The van der Waals surface area contributed by atoms with Gasteiger partial charge in [0.25, 0.3) is 0 Å². The fraction of sp³-hybridized carbons (Fsp3) is 0.353. The van der Waals surface area contributed by atoms with Crippen LogP contribution in [-0.4, -0.2) is 29.2 Å². The Balaban J connectivity index is 1.58. The van der Waals surface area contributed by atoms with Crippen molar-refractivity contribution in [1.82, 2.24) is 10.2 Å². The van der Waals surface area contributed by atoms with Gasteiger partial charge in [-0.15, -0.1) is 10.2 Å². The van der Waals surface area contributed by atoms with Gasteiger partial charge in [-0.2, -0.15) is 0 Å². The lowest BCUT2D eigenvalue weighted by molar-refractivity contribution is -0.120. The third kappa shape index (κ3) is 3.97. The van der Waals surface area contributed by atoms with Crippen LogP contribution in [0.25, 0.3) is 0 Å². The summed E-state index contributed by atoms with van der Waals surface area (Å²) < 4.78 is 0. The number of carbonyl (C=O) groups excluding carboxylic acids is 1. The number of rotatable bonds is 3. The van der Waals surface area contributed by atoms with Crippen molar-refractivity contribution in [2.24, 2.45) is 5.92 Å². The molecule has 2 heterocycles. The Morgan fingerprint density at radius 2 is 1.92 bits per heavy atom. The normalized spacial score (nSPS) is 15.4. The minimum absolute atomic E-state index is 0.0163. The van der Waals surface area contributed by atoms with E-state index < -0.39 is 0 Å². The minimum atomic E-state index is -0.0288. The summed E-state index contributed by atoms with van der Waals surface area (Å²) in [5.74, 6) is 0.779. The van der Waals surface area contributed by atoms with Crippen LogP contribution in [0.3, 0.4) is 0 Å². The van der Waals surface area contributed by atoms with Crippen LogP contribution in [0.1, 0.15) is 18.4 Å². The number of anilines is 2. The van der Waals surface area contributed by atoms with Gasteiger partial charge in [0.05, 0.1) is 10.7 Å². The zero-order chi connectivity index (χ0) is 17.1. The van der Waals surface area contributed by atoms with E-state index in [1.165, 1.54) is 0 Å². The Morgan fingerprint density at radius 1 is 1.17 bits per heavy atom. The molecule has 126 valence electrons. The zero-order valence-electron chi connectivity index (χ0n) is 13.3. The Morgan fingerprint density at radius 3 is 2.54 bits per heavy atom. The highest BCUT2D eigenvalue weighted by Crippen LogP contribution is 2.26. The highest BCUT2D eigenvalue weighted by molar-refractivity contribution is 6.33. The number of piperidine rings is 1. The fourth-order valence-corrected chi connectivity index (χ4v) is 3.19. The van der Waals surface area contributed by atoms with Crippen molar-refractivity contribution in [2.75, 3.05) is 23.3 Å². The molecule has 1 N–H and O–H groups in total. The van der Waals surface area contributed by atoms with Crippen LogP contribution in [0.5, 0.6) is 0 Å². The second kappa shape index (κ2) is 7.36. The lowest BCUT2D eigenvalue weighted by Gasteiger charge is -2.31. The Hall–Kier alpha value is -1.85. The maximum Gasteiger partial charge on any atom is 0.227 e. The molecule has 0 bridgehead atoms. The van der Waals surface area contributed by atoms with Crippen molar-refractivity contribution >= 4 is 40.6 Å². The predicted octanol–water partition coefficient (Wildman–Crippen LogP) is 3.95. The first-order chi connectivity index (χ1) is 11.5. The largest absolute Gasteiger partial charge is 0.355 e. The van der Waals surface area contributed by atoms with Gasteiger partial charge in [-0.1, -0.05) is 29.3 Å². The van der Waals surface area contributed by atoms with Crippen LogP contribution in [0.4, 0.5) is 11.5 Å². The van der Waals surface area contributed by atoms with Crippen LogP contribution in [0.2, 0.25) is 10.2 Å². The molecule has 1 aliphatic heterocycles. The molecule has 0 unspecified atom stereocenters. The van der Waals surface area contributed by atoms with Gasteiger partial charge in [0.15, 0.2) is 11.0 Å². The van der Waals surface area contributed by atoms with Gasteiger partial charge in [0.2, 0.25) is 5.91 Å². The van der Waals surface area contributed by atoms with Crippen molar-refractivity contribution in [1.29, 1.82) is 0 Å². The number of amides is 1. The van der Waals surface area contributed by atoms with Gasteiger partial charge < -0.3 is 10.2 Å². The van der Waals surface area contributed by atoms with E-state index in [0.717, 1.165) is 37.3 Å². The lowest BCUT2D eigenvalue weighted by atomic mass is 9.96. The molecule has 7 heteroatoms. The number of benzene rings is 1. The molecule has 0 radical (unpaired) electrons. The van der Waals surface area contributed by atoms with Crippen molar-refractivity contribution in [3.05, 3.63) is 46.1 Å². The third-order valence-electron chi connectivity index (χ3n) is 4.19. The number of aromatic nitrogens is 2. The maximum absolute atomic E-state index is 12.5. The molecule has 1 aromatic carbocycles. The molecule has 0 atom stereocenters. The summed E-state index contributed by atoms with van der Waals surface area (Å²) in [6, 6.07) is 9.19. The molecule has 0 aliphatic carbocycles. The Bertz CT molecular complexity index is 728. The number of hydrogen-bond donors (Lipinski definition) is 1. The topological polar surface area (TPSA) is 58.1 Å². The standard InChI is InChI=1S/C17H18Cl2N4O/c1-11-2-3-14(13(18)10-11)20-17(24)12-6-8-23(9-7-12)16-5-4-15(19)21-22-16/h2-5,10,12H,6-9H2,1H3,(H,20,24). The second-order valence-electron chi connectivity index (χ2n) is 5.95. The van der Waals surface area contributed by atoms with Gasteiger partial charge in [-0.05, 0) is 49.6 Å². The maximum atomic E-state index is 12.5. The zero-order valence-corrected chi connectivity index (χ0v) is 14.8. The number of hydrogen-bond acceptors (Lipinski definition) is 4. The van der Waals surface area contributed by atoms with E-state index in [4.69, 9.17) is 23.2 Å². The summed E-state index contributed by atoms with van der Waals surface area (Å²) >= 11 is 11.9. The van der Waals surface area contributed by atoms with E-state index >= 15 is 0 Å². The van der Waals surface area contributed by atoms with E-state index in [1.54, 1.807) is 6.07 Å². The van der Waals surface area contributed by atoms with Crippen LogP contribution in [0.15, 0.2) is 30.3 Å². The molecule has 3 rings (SSSR count).